The predicted octanol–water partition coefficient (Wildman–Crippen LogP) is 4.61. The van der Waals surface area contributed by atoms with E-state index in [-0.39, 0.29) is 0 Å². The van der Waals surface area contributed by atoms with E-state index in [1.807, 2.05) is 0 Å². The van der Waals surface area contributed by atoms with Gasteiger partial charge in [0.05, 0.1) is 0 Å². The second kappa shape index (κ2) is 13.4. The lowest BCUT2D eigenvalue weighted by molar-refractivity contribution is 0.896. The van der Waals surface area contributed by atoms with Crippen molar-refractivity contribution in [3.8, 4) is 0 Å². The van der Waals surface area contributed by atoms with Gasteiger partial charge in [-0.15, -0.1) is 0 Å². The smallest absolute Gasteiger partial charge is 0.0113 e. The summed E-state index contributed by atoms with van der Waals surface area (Å²) in [5, 5.41) is 0. The van der Waals surface area contributed by atoms with E-state index in [9.17, 15) is 0 Å². The minimum absolute atomic E-state index is 1.20. The maximum Gasteiger partial charge on any atom is 0.0113 e. The molecule has 0 heterocycles. The Bertz CT molecular complexity index is 107. The van der Waals surface area contributed by atoms with Gasteiger partial charge in [-0.05, 0) is 24.3 Å². The molecular formula is C12H24S2. The maximum atomic E-state index is 2.32. The van der Waals surface area contributed by atoms with E-state index in [2.05, 4.69) is 49.5 Å². The van der Waals surface area contributed by atoms with Crippen LogP contribution in [0.2, 0.25) is 0 Å². The molecule has 0 aromatic carbocycles. The summed E-state index contributed by atoms with van der Waals surface area (Å²) in [7, 11) is 0. The number of hydrogen-bond acceptors (Lipinski definition) is 2. The zero-order valence-corrected chi connectivity index (χ0v) is 11.3. The third-order valence-electron chi connectivity index (χ3n) is 1.88. The average molecular weight is 232 g/mol. The molecule has 0 unspecified atom stereocenters. The molecule has 0 aromatic rings. The van der Waals surface area contributed by atoms with E-state index >= 15 is 0 Å². The highest BCUT2D eigenvalue weighted by atomic mass is 32.2. The molecular weight excluding hydrogens is 208 g/mol. The molecule has 0 atom stereocenters. The Balaban J connectivity index is 2.96. The van der Waals surface area contributed by atoms with E-state index < -0.39 is 0 Å². The van der Waals surface area contributed by atoms with Gasteiger partial charge in [-0.1, -0.05) is 38.8 Å². The normalized spacial score (nSPS) is 11.3. The molecule has 0 saturated carbocycles. The third kappa shape index (κ3) is 12.4. The van der Waals surface area contributed by atoms with Crippen molar-refractivity contribution in [1.82, 2.24) is 0 Å². The van der Waals surface area contributed by atoms with Gasteiger partial charge in [0.2, 0.25) is 0 Å². The summed E-state index contributed by atoms with van der Waals surface area (Å²) in [4.78, 5) is 0. The van der Waals surface area contributed by atoms with Gasteiger partial charge in [-0.3, -0.25) is 0 Å². The fourth-order valence-corrected chi connectivity index (χ4v) is 2.79. The Morgan fingerprint density at radius 1 is 0.786 bits per heavy atom. The van der Waals surface area contributed by atoms with Gasteiger partial charge >= 0.3 is 0 Å². The molecule has 0 N–H and O–H groups in total. The van der Waals surface area contributed by atoms with Crippen LogP contribution in [0.5, 0.6) is 0 Å². The molecule has 0 rings (SSSR count). The van der Waals surface area contributed by atoms with Gasteiger partial charge in [-0.25, -0.2) is 0 Å². The molecule has 14 heavy (non-hydrogen) atoms. The summed E-state index contributed by atoms with van der Waals surface area (Å²) >= 11 is 4.10. The molecule has 0 radical (unpaired) electrons. The van der Waals surface area contributed by atoms with Crippen molar-refractivity contribution in [2.75, 3.05) is 23.0 Å². The van der Waals surface area contributed by atoms with Crippen molar-refractivity contribution >= 4 is 23.5 Å². The van der Waals surface area contributed by atoms with Crippen LogP contribution in [0.15, 0.2) is 12.2 Å². The Morgan fingerprint density at radius 2 is 1.21 bits per heavy atom. The lowest BCUT2D eigenvalue weighted by Crippen LogP contribution is -1.81. The zero-order chi connectivity index (χ0) is 10.5. The molecule has 0 aliphatic heterocycles. The van der Waals surface area contributed by atoms with E-state index in [1.165, 1.54) is 48.7 Å². The van der Waals surface area contributed by atoms with Gasteiger partial charge in [0, 0.05) is 11.5 Å². The predicted molar refractivity (Wildman–Crippen MR) is 73.6 cm³/mol. The molecule has 84 valence electrons. The van der Waals surface area contributed by atoms with Crippen LogP contribution in [0.4, 0.5) is 0 Å². The first-order valence-electron chi connectivity index (χ1n) is 5.72. The van der Waals surface area contributed by atoms with E-state index in [1.54, 1.807) is 0 Å². The molecule has 0 aliphatic carbocycles. The first-order chi connectivity index (χ1) is 6.91. The highest BCUT2D eigenvalue weighted by molar-refractivity contribution is 7.99. The Labute approximate surface area is 98.3 Å². The van der Waals surface area contributed by atoms with Crippen LogP contribution in [-0.2, 0) is 0 Å². The van der Waals surface area contributed by atoms with Crippen molar-refractivity contribution in [3.63, 3.8) is 0 Å². The van der Waals surface area contributed by atoms with Gasteiger partial charge < -0.3 is 0 Å². The summed E-state index contributed by atoms with van der Waals surface area (Å²) in [6.07, 6.45) is 10.0. The highest BCUT2D eigenvalue weighted by Gasteiger charge is 1.85. The summed E-state index contributed by atoms with van der Waals surface area (Å²) < 4.78 is 0. The van der Waals surface area contributed by atoms with Crippen LogP contribution >= 0.6 is 23.5 Å². The van der Waals surface area contributed by atoms with Crippen molar-refractivity contribution in [1.29, 1.82) is 0 Å². The van der Waals surface area contributed by atoms with Gasteiger partial charge in [0.15, 0.2) is 0 Å². The van der Waals surface area contributed by atoms with Crippen LogP contribution in [0.25, 0.3) is 0 Å². The minimum Gasteiger partial charge on any atom is -0.158 e. The summed E-state index contributed by atoms with van der Waals surface area (Å²) in [5.74, 6) is 5.05. The molecule has 0 spiro atoms. The van der Waals surface area contributed by atoms with Crippen molar-refractivity contribution in [2.45, 2.75) is 39.5 Å². The topological polar surface area (TPSA) is 0 Å². The number of unbranched alkanes of at least 4 members (excludes halogenated alkanes) is 2. The van der Waals surface area contributed by atoms with E-state index in [4.69, 9.17) is 0 Å². The summed E-state index contributed by atoms with van der Waals surface area (Å²) in [6.45, 7) is 4.50. The van der Waals surface area contributed by atoms with Gasteiger partial charge in [0.1, 0.15) is 0 Å². The first kappa shape index (κ1) is 14.4. The van der Waals surface area contributed by atoms with Crippen molar-refractivity contribution in [3.05, 3.63) is 12.2 Å². The molecule has 0 bridgehead atoms. The van der Waals surface area contributed by atoms with Crippen LogP contribution in [0.1, 0.15) is 39.5 Å². The SMILES string of the molecule is CCCCSC/C=C/CSCCCC. The molecule has 2 heteroatoms. The number of thioether (sulfide) groups is 2. The Hall–Kier alpha value is 0.440. The lowest BCUT2D eigenvalue weighted by Gasteiger charge is -1.96. The van der Waals surface area contributed by atoms with E-state index in [0.717, 1.165) is 0 Å². The highest BCUT2D eigenvalue weighted by Crippen LogP contribution is 2.07. The molecule has 0 fully saturated rings. The van der Waals surface area contributed by atoms with Gasteiger partial charge in [-0.2, -0.15) is 23.5 Å². The molecule has 0 saturated heterocycles. The number of hydrogen-bond donors (Lipinski definition) is 0. The molecule has 0 amide bonds. The van der Waals surface area contributed by atoms with Crippen LogP contribution < -0.4 is 0 Å². The Kier molecular flexibility index (Phi) is 13.9. The minimum atomic E-state index is 1.20. The van der Waals surface area contributed by atoms with E-state index in [0.29, 0.717) is 0 Å². The second-order valence-corrected chi connectivity index (χ2v) is 5.63. The summed E-state index contributed by atoms with van der Waals surface area (Å²) in [5.41, 5.74) is 0. The summed E-state index contributed by atoms with van der Waals surface area (Å²) in [6, 6.07) is 0. The largest absolute Gasteiger partial charge is 0.158 e. The van der Waals surface area contributed by atoms with Crippen molar-refractivity contribution in [2.24, 2.45) is 0 Å². The quantitative estimate of drug-likeness (QED) is 0.398. The van der Waals surface area contributed by atoms with Crippen LogP contribution in [0, 0.1) is 0 Å². The average Bonchev–Trinajstić information content (AvgIpc) is 2.21. The van der Waals surface area contributed by atoms with Crippen LogP contribution in [0.3, 0.4) is 0 Å². The fraction of sp³-hybridized carbons (Fsp3) is 0.833. The zero-order valence-electron chi connectivity index (χ0n) is 9.63. The first-order valence-corrected chi connectivity index (χ1v) is 8.03. The molecule has 0 aromatic heterocycles. The maximum absolute atomic E-state index is 2.32. The lowest BCUT2D eigenvalue weighted by atomic mass is 10.4. The monoisotopic (exact) mass is 232 g/mol. The van der Waals surface area contributed by atoms with Gasteiger partial charge in [0.25, 0.3) is 0 Å². The van der Waals surface area contributed by atoms with Crippen LogP contribution in [-0.4, -0.2) is 23.0 Å². The molecule has 0 aliphatic rings. The standard InChI is InChI=1S/C12H24S2/c1-3-5-9-13-11-7-8-12-14-10-6-4-2/h7-8H,3-6,9-12H2,1-2H3/b8-7+. The Morgan fingerprint density at radius 3 is 1.57 bits per heavy atom. The van der Waals surface area contributed by atoms with Crippen molar-refractivity contribution < 1.29 is 0 Å². The second-order valence-electron chi connectivity index (χ2n) is 3.33. The number of rotatable bonds is 10. The third-order valence-corrected chi connectivity index (χ3v) is 3.89. The fourth-order valence-electron chi connectivity index (χ4n) is 0.932. The molecule has 0 nitrogen and oxygen atoms in total.